The molecule has 180 valence electrons. The molecule has 4 heteroatoms. The predicted molar refractivity (Wildman–Crippen MR) is 127 cm³/mol. The molecule has 0 heterocycles. The standard InChI is InChI=1S/C28H44O4/c1-17(2)18(3)8-12-27(5,32)25-24(31)15-23-21-7-6-19-14-20(30)9-11-26(19,4)22(21)10-13-28(23,25)16-29/h8-9,11-12,17-19,21-25,29,31-32H,6-7,10,13-16H2,1-5H3/b12-8+/t18?,19?,21-,22+,23+,24+,25-,26+,27+,28-/m1/s1. The number of rotatable bonds is 5. The summed E-state index contributed by atoms with van der Waals surface area (Å²) in [5.41, 5.74) is -1.59. The second kappa shape index (κ2) is 8.36. The highest BCUT2D eigenvalue weighted by molar-refractivity contribution is 5.91. The molecule has 2 unspecified atom stereocenters. The molecule has 4 aliphatic rings. The molecule has 0 radical (unpaired) electrons. The topological polar surface area (TPSA) is 77.8 Å². The van der Waals surface area contributed by atoms with Gasteiger partial charge in [-0.3, -0.25) is 4.79 Å². The van der Waals surface area contributed by atoms with E-state index in [1.807, 2.05) is 13.0 Å². The molecule has 3 N–H and O–H groups in total. The highest BCUT2D eigenvalue weighted by atomic mass is 16.3. The third kappa shape index (κ3) is 3.65. The van der Waals surface area contributed by atoms with Crippen molar-refractivity contribution in [2.45, 2.75) is 84.8 Å². The van der Waals surface area contributed by atoms with Crippen LogP contribution in [0.25, 0.3) is 0 Å². The Morgan fingerprint density at radius 2 is 1.94 bits per heavy atom. The van der Waals surface area contributed by atoms with E-state index >= 15 is 0 Å². The molecule has 3 fully saturated rings. The SMILES string of the molecule is CC(C)C(C)/C=C/[C@](C)(O)[C@H]1[C@@H](O)C[C@H]2[C@@H]3CCC4CC(=O)C=C[C@]4(C)[C@H]3CC[C@@]21CO. The number of carbonyl (C=O) groups is 1. The first kappa shape index (κ1) is 24.2. The molecule has 4 nitrogen and oxygen atoms in total. The fourth-order valence-corrected chi connectivity index (χ4v) is 8.39. The summed E-state index contributed by atoms with van der Waals surface area (Å²) in [6.45, 7) is 10.7. The van der Waals surface area contributed by atoms with Crippen molar-refractivity contribution in [2.24, 2.45) is 52.3 Å². The third-order valence-corrected chi connectivity index (χ3v) is 10.5. The maximum Gasteiger partial charge on any atom is 0.155 e. The number of hydrogen-bond donors (Lipinski definition) is 3. The Hall–Kier alpha value is -0.970. The fourth-order valence-electron chi connectivity index (χ4n) is 8.39. The number of hydrogen-bond acceptors (Lipinski definition) is 4. The van der Waals surface area contributed by atoms with Crippen molar-refractivity contribution in [3.63, 3.8) is 0 Å². The highest BCUT2D eigenvalue weighted by Gasteiger charge is 2.66. The van der Waals surface area contributed by atoms with Crippen LogP contribution in [0.1, 0.15) is 73.1 Å². The van der Waals surface area contributed by atoms with Gasteiger partial charge in [-0.05, 0) is 86.0 Å². The molecule has 0 saturated heterocycles. The number of carbonyl (C=O) groups excluding carboxylic acids is 1. The van der Waals surface area contributed by atoms with Gasteiger partial charge in [-0.15, -0.1) is 0 Å². The van der Waals surface area contributed by atoms with Crippen molar-refractivity contribution >= 4 is 5.78 Å². The van der Waals surface area contributed by atoms with Crippen LogP contribution in [0.3, 0.4) is 0 Å². The van der Waals surface area contributed by atoms with Gasteiger partial charge >= 0.3 is 0 Å². The zero-order valence-electron chi connectivity index (χ0n) is 20.6. The Kier molecular flexibility index (Phi) is 6.31. The minimum absolute atomic E-state index is 0.0147. The Morgan fingerprint density at radius 1 is 1.22 bits per heavy atom. The van der Waals surface area contributed by atoms with Crippen LogP contribution in [0.2, 0.25) is 0 Å². The first-order chi connectivity index (χ1) is 15.0. The lowest BCUT2D eigenvalue weighted by molar-refractivity contribution is -0.142. The first-order valence-corrected chi connectivity index (χ1v) is 12.9. The zero-order chi connectivity index (χ0) is 23.5. The molecule has 4 rings (SSSR count). The number of fused-ring (bicyclic) bond motifs is 5. The summed E-state index contributed by atoms with van der Waals surface area (Å²) in [6, 6.07) is 0. The van der Waals surface area contributed by atoms with Crippen molar-refractivity contribution < 1.29 is 20.1 Å². The average molecular weight is 445 g/mol. The summed E-state index contributed by atoms with van der Waals surface area (Å²) in [7, 11) is 0. The van der Waals surface area contributed by atoms with Crippen LogP contribution in [-0.2, 0) is 4.79 Å². The molecule has 3 saturated carbocycles. The summed E-state index contributed by atoms with van der Waals surface area (Å²) in [4.78, 5) is 12.1. The monoisotopic (exact) mass is 444 g/mol. The zero-order valence-corrected chi connectivity index (χ0v) is 20.6. The molecule has 32 heavy (non-hydrogen) atoms. The summed E-state index contributed by atoms with van der Waals surface area (Å²) < 4.78 is 0. The second-order valence-corrected chi connectivity index (χ2v) is 12.4. The van der Waals surface area contributed by atoms with Crippen LogP contribution < -0.4 is 0 Å². The molecule has 0 amide bonds. The Morgan fingerprint density at radius 3 is 2.59 bits per heavy atom. The van der Waals surface area contributed by atoms with Crippen LogP contribution in [0, 0.1) is 52.3 Å². The molecule has 0 aromatic heterocycles. The van der Waals surface area contributed by atoms with Crippen molar-refractivity contribution in [3.8, 4) is 0 Å². The fraction of sp³-hybridized carbons (Fsp3) is 0.821. The molecule has 0 aliphatic heterocycles. The predicted octanol–water partition coefficient (Wildman–Crippen LogP) is 4.53. The van der Waals surface area contributed by atoms with E-state index in [1.54, 1.807) is 6.08 Å². The van der Waals surface area contributed by atoms with Crippen molar-refractivity contribution in [3.05, 3.63) is 24.3 Å². The lowest BCUT2D eigenvalue weighted by Gasteiger charge is -2.59. The van der Waals surface area contributed by atoms with Gasteiger partial charge in [-0.25, -0.2) is 0 Å². The molecule has 0 aromatic carbocycles. The molecular weight excluding hydrogens is 400 g/mol. The van der Waals surface area contributed by atoms with Crippen molar-refractivity contribution in [1.82, 2.24) is 0 Å². The maximum absolute atomic E-state index is 12.1. The molecule has 10 atom stereocenters. The Bertz CT molecular complexity index is 782. The lowest BCUT2D eigenvalue weighted by Crippen LogP contribution is -2.57. The smallest absolute Gasteiger partial charge is 0.155 e. The summed E-state index contributed by atoms with van der Waals surface area (Å²) >= 11 is 0. The quantitative estimate of drug-likeness (QED) is 0.544. The number of allylic oxidation sites excluding steroid dienone is 3. The Balaban J connectivity index is 1.65. The number of aliphatic hydroxyl groups is 3. The van der Waals surface area contributed by atoms with Gasteiger partial charge in [0.25, 0.3) is 0 Å². The van der Waals surface area contributed by atoms with Crippen LogP contribution in [0.15, 0.2) is 24.3 Å². The Labute approximate surface area is 194 Å². The van der Waals surface area contributed by atoms with Crippen LogP contribution in [0.4, 0.5) is 0 Å². The maximum atomic E-state index is 12.1. The van der Waals surface area contributed by atoms with E-state index < -0.39 is 17.1 Å². The van der Waals surface area contributed by atoms with Gasteiger partial charge in [0, 0.05) is 24.4 Å². The van der Waals surface area contributed by atoms with E-state index in [1.165, 1.54) is 0 Å². The largest absolute Gasteiger partial charge is 0.396 e. The van der Waals surface area contributed by atoms with Gasteiger partial charge in [0.15, 0.2) is 5.78 Å². The second-order valence-electron chi connectivity index (χ2n) is 12.4. The van der Waals surface area contributed by atoms with Crippen molar-refractivity contribution in [1.29, 1.82) is 0 Å². The number of aliphatic hydroxyl groups excluding tert-OH is 2. The van der Waals surface area contributed by atoms with E-state index in [0.29, 0.717) is 42.4 Å². The molecule has 0 aromatic rings. The minimum atomic E-state index is -1.16. The van der Waals surface area contributed by atoms with E-state index in [-0.39, 0.29) is 29.6 Å². The normalized spacial score (nSPS) is 46.6. The molecular formula is C28H44O4. The van der Waals surface area contributed by atoms with Gasteiger partial charge < -0.3 is 15.3 Å². The molecule has 0 spiro atoms. The van der Waals surface area contributed by atoms with E-state index in [0.717, 1.165) is 25.7 Å². The summed E-state index contributed by atoms with van der Waals surface area (Å²) in [6.07, 6.45) is 12.5. The molecule has 0 bridgehead atoms. The molecule has 4 aliphatic carbocycles. The van der Waals surface area contributed by atoms with Crippen LogP contribution in [0.5, 0.6) is 0 Å². The van der Waals surface area contributed by atoms with Crippen LogP contribution in [-0.4, -0.2) is 39.4 Å². The van der Waals surface area contributed by atoms with E-state index in [4.69, 9.17) is 0 Å². The minimum Gasteiger partial charge on any atom is -0.396 e. The average Bonchev–Trinajstić information content (AvgIpc) is 3.05. The lowest BCUT2D eigenvalue weighted by atomic mass is 9.45. The summed E-state index contributed by atoms with van der Waals surface area (Å²) in [5.74, 6) is 2.22. The summed E-state index contributed by atoms with van der Waals surface area (Å²) in [5, 5.41) is 33.7. The third-order valence-electron chi connectivity index (χ3n) is 10.5. The van der Waals surface area contributed by atoms with Gasteiger partial charge in [0.05, 0.1) is 11.7 Å². The van der Waals surface area contributed by atoms with Gasteiger partial charge in [0.1, 0.15) is 0 Å². The van der Waals surface area contributed by atoms with Gasteiger partial charge in [-0.2, -0.15) is 0 Å². The highest BCUT2D eigenvalue weighted by Crippen LogP contribution is 2.67. The number of ketones is 1. The van der Waals surface area contributed by atoms with Gasteiger partial charge in [-0.1, -0.05) is 45.9 Å². The van der Waals surface area contributed by atoms with Crippen molar-refractivity contribution in [2.75, 3.05) is 6.61 Å². The van der Waals surface area contributed by atoms with E-state index in [9.17, 15) is 20.1 Å². The first-order valence-electron chi connectivity index (χ1n) is 12.9. The van der Waals surface area contributed by atoms with Gasteiger partial charge in [0.2, 0.25) is 0 Å². The van der Waals surface area contributed by atoms with Crippen LogP contribution >= 0.6 is 0 Å². The van der Waals surface area contributed by atoms with E-state index in [2.05, 4.69) is 39.8 Å².